The number of ether oxygens (including phenoxy) is 1. The van der Waals surface area contributed by atoms with Crippen LogP contribution in [0.15, 0.2) is 12.1 Å². The number of hydrogen-bond acceptors (Lipinski definition) is 6. The van der Waals surface area contributed by atoms with Crippen molar-refractivity contribution in [2.75, 3.05) is 25.6 Å². The Bertz CT molecular complexity index is 889. The predicted molar refractivity (Wildman–Crippen MR) is 101 cm³/mol. The number of halogens is 1. The Hall–Kier alpha value is -2.00. The highest BCUT2D eigenvalue weighted by Gasteiger charge is 2.71. The number of carbonyl (C=O) groups excluding carboxylic acids is 3. The van der Waals surface area contributed by atoms with Gasteiger partial charge in [-0.05, 0) is 25.5 Å². The van der Waals surface area contributed by atoms with E-state index in [0.717, 1.165) is 10.5 Å². The lowest BCUT2D eigenvalue weighted by Gasteiger charge is -2.30. The fraction of sp³-hybridized carbons (Fsp3) is 0.526. The van der Waals surface area contributed by atoms with Crippen LogP contribution in [-0.2, 0) is 24.7 Å². The molecule has 3 heterocycles. The van der Waals surface area contributed by atoms with E-state index in [0.29, 0.717) is 16.3 Å². The highest BCUT2D eigenvalue weighted by Crippen LogP contribution is 2.54. The fourth-order valence-corrected chi connectivity index (χ4v) is 5.12. The van der Waals surface area contributed by atoms with E-state index in [1.54, 1.807) is 19.1 Å². The predicted octanol–water partition coefficient (Wildman–Crippen LogP) is 0.396. The van der Waals surface area contributed by atoms with Crippen LogP contribution >= 0.6 is 11.6 Å². The molecule has 0 aromatic heterocycles. The van der Waals surface area contributed by atoms with Gasteiger partial charge in [-0.25, -0.2) is 0 Å². The van der Waals surface area contributed by atoms with Gasteiger partial charge in [0.2, 0.25) is 17.7 Å². The van der Waals surface area contributed by atoms with Gasteiger partial charge < -0.3 is 15.2 Å². The molecule has 2 saturated heterocycles. The topological polar surface area (TPSA) is 108 Å². The van der Waals surface area contributed by atoms with Gasteiger partial charge in [0.1, 0.15) is 5.54 Å². The maximum atomic E-state index is 13.3. The molecule has 3 amide bonds. The summed E-state index contributed by atoms with van der Waals surface area (Å²) in [5.41, 5.74) is 0.346. The number of anilines is 1. The van der Waals surface area contributed by atoms with E-state index in [9.17, 15) is 19.5 Å². The summed E-state index contributed by atoms with van der Waals surface area (Å²) in [7, 11) is 1.49. The van der Waals surface area contributed by atoms with Crippen LogP contribution in [0.1, 0.15) is 18.1 Å². The van der Waals surface area contributed by atoms with E-state index in [4.69, 9.17) is 16.3 Å². The van der Waals surface area contributed by atoms with Crippen molar-refractivity contribution in [3.8, 4) is 0 Å². The number of hydrogen-bond donors (Lipinski definition) is 3. The molecule has 2 fully saturated rings. The van der Waals surface area contributed by atoms with Crippen molar-refractivity contribution in [2.45, 2.75) is 31.5 Å². The molecule has 28 heavy (non-hydrogen) atoms. The number of amides is 3. The summed E-state index contributed by atoms with van der Waals surface area (Å²) in [5.74, 6) is -3.09. The quantitative estimate of drug-likeness (QED) is 0.623. The van der Waals surface area contributed by atoms with Crippen LogP contribution in [0, 0.1) is 18.8 Å². The van der Waals surface area contributed by atoms with Crippen LogP contribution in [0.2, 0.25) is 5.02 Å². The van der Waals surface area contributed by atoms with E-state index in [1.165, 1.54) is 7.11 Å². The van der Waals surface area contributed by atoms with Crippen molar-refractivity contribution in [1.82, 2.24) is 10.2 Å². The Morgan fingerprint density at radius 1 is 1.32 bits per heavy atom. The second kappa shape index (κ2) is 6.52. The normalized spacial score (nSPS) is 32.1. The lowest BCUT2D eigenvalue weighted by Crippen LogP contribution is -2.55. The largest absolute Gasteiger partial charge is 0.392 e. The number of nitrogens with one attached hydrogen (secondary N) is 2. The van der Waals surface area contributed by atoms with Crippen LogP contribution in [0.25, 0.3) is 0 Å². The minimum atomic E-state index is -1.45. The first-order valence-corrected chi connectivity index (χ1v) is 9.53. The minimum Gasteiger partial charge on any atom is -0.392 e. The third-order valence-electron chi connectivity index (χ3n) is 5.98. The number of nitrogens with zero attached hydrogens (tertiary/aromatic N) is 1. The molecule has 0 unspecified atom stereocenters. The van der Waals surface area contributed by atoms with E-state index in [-0.39, 0.29) is 13.2 Å². The zero-order valence-corrected chi connectivity index (χ0v) is 16.5. The van der Waals surface area contributed by atoms with Crippen LogP contribution in [0.3, 0.4) is 0 Å². The monoisotopic (exact) mass is 407 g/mol. The summed E-state index contributed by atoms with van der Waals surface area (Å²) < 4.78 is 5.01. The lowest BCUT2D eigenvalue weighted by atomic mass is 9.76. The molecule has 1 aromatic rings. The maximum absolute atomic E-state index is 13.3. The minimum absolute atomic E-state index is 0.104. The van der Waals surface area contributed by atoms with Crippen molar-refractivity contribution in [3.63, 3.8) is 0 Å². The molecule has 0 aliphatic carbocycles. The second-order valence-corrected chi connectivity index (χ2v) is 8.07. The molecule has 150 valence electrons. The van der Waals surface area contributed by atoms with Gasteiger partial charge in [-0.1, -0.05) is 17.7 Å². The molecule has 1 spiro atoms. The summed E-state index contributed by atoms with van der Waals surface area (Å²) in [5, 5.41) is 16.6. The fourth-order valence-electron chi connectivity index (χ4n) is 4.80. The number of benzene rings is 1. The second-order valence-electron chi connectivity index (χ2n) is 7.67. The first-order valence-electron chi connectivity index (χ1n) is 9.16. The number of likely N-dealkylation sites (tertiary alicyclic amines) is 1. The average molecular weight is 408 g/mol. The first kappa shape index (κ1) is 19.3. The van der Waals surface area contributed by atoms with Crippen molar-refractivity contribution in [1.29, 1.82) is 0 Å². The van der Waals surface area contributed by atoms with Crippen LogP contribution in [-0.4, -0.2) is 60.1 Å². The van der Waals surface area contributed by atoms with Crippen molar-refractivity contribution in [3.05, 3.63) is 28.3 Å². The zero-order chi connectivity index (χ0) is 20.4. The number of fused-ring (bicyclic) bond motifs is 4. The van der Waals surface area contributed by atoms with Crippen molar-refractivity contribution < 1.29 is 24.2 Å². The number of carbonyl (C=O) groups is 3. The molecule has 4 rings (SSSR count). The standard InChI is InChI=1S/C19H22ClN3O5/c1-8-6-10-15(11(20)7-8)21-18(27)19(10)13-12(14(22-19)9(2)24)16(25)23(17(13)26)4-5-28-3/h6-7,9,12-14,22,24H,4-5H2,1-3H3,(H,21,27)/t9-,12-,13-,14+,19+/m0/s1. The summed E-state index contributed by atoms with van der Waals surface area (Å²) in [4.78, 5) is 40.6. The SMILES string of the molecule is COCCN1C(=O)[C@@H]2[C@@H]([C@H](C)O)N[C@@]3(C(=O)Nc4c(Cl)cc(C)cc43)[C@@H]2C1=O. The summed E-state index contributed by atoms with van der Waals surface area (Å²) in [6.07, 6.45) is -0.942. The molecule has 3 aliphatic rings. The Labute approximate surface area is 167 Å². The van der Waals surface area contributed by atoms with Gasteiger partial charge >= 0.3 is 0 Å². The van der Waals surface area contributed by atoms with Crippen molar-refractivity contribution in [2.24, 2.45) is 11.8 Å². The number of aliphatic hydroxyl groups is 1. The smallest absolute Gasteiger partial charge is 0.250 e. The molecular weight excluding hydrogens is 386 g/mol. The third-order valence-corrected chi connectivity index (χ3v) is 6.28. The molecule has 3 N–H and O–H groups in total. The van der Waals surface area contributed by atoms with Gasteiger partial charge in [-0.15, -0.1) is 0 Å². The Balaban J connectivity index is 1.89. The number of imide groups is 1. The molecule has 9 heteroatoms. The average Bonchev–Trinajstić information content (AvgIpc) is 3.21. The van der Waals surface area contributed by atoms with Crippen LogP contribution in [0.4, 0.5) is 5.69 Å². The van der Waals surface area contributed by atoms with Gasteiger partial charge in [0.25, 0.3) is 0 Å². The summed E-state index contributed by atoms with van der Waals surface area (Å²) in [6, 6.07) is 2.78. The van der Waals surface area contributed by atoms with E-state index < -0.39 is 47.2 Å². The third kappa shape index (κ3) is 2.38. The number of aliphatic hydroxyl groups excluding tert-OH is 1. The van der Waals surface area contributed by atoms with E-state index in [2.05, 4.69) is 10.6 Å². The van der Waals surface area contributed by atoms with Gasteiger partial charge in [-0.3, -0.25) is 24.6 Å². The maximum Gasteiger partial charge on any atom is 0.250 e. The molecule has 0 radical (unpaired) electrons. The zero-order valence-electron chi connectivity index (χ0n) is 15.8. The van der Waals surface area contributed by atoms with Crippen LogP contribution < -0.4 is 10.6 Å². The molecular formula is C19H22ClN3O5. The number of aryl methyl sites for hydroxylation is 1. The molecule has 8 nitrogen and oxygen atoms in total. The Morgan fingerprint density at radius 2 is 2.04 bits per heavy atom. The molecule has 0 saturated carbocycles. The number of methoxy groups -OCH3 is 1. The molecule has 5 atom stereocenters. The van der Waals surface area contributed by atoms with Gasteiger partial charge in [-0.2, -0.15) is 0 Å². The van der Waals surface area contributed by atoms with Crippen LogP contribution in [0.5, 0.6) is 0 Å². The summed E-state index contributed by atoms with van der Waals surface area (Å²) >= 11 is 6.34. The van der Waals surface area contributed by atoms with E-state index in [1.807, 2.05) is 6.92 Å². The van der Waals surface area contributed by atoms with Crippen molar-refractivity contribution >= 4 is 35.0 Å². The first-order chi connectivity index (χ1) is 13.2. The van der Waals surface area contributed by atoms with E-state index >= 15 is 0 Å². The number of rotatable bonds is 4. The highest BCUT2D eigenvalue weighted by atomic mass is 35.5. The lowest BCUT2D eigenvalue weighted by molar-refractivity contribution is -0.143. The van der Waals surface area contributed by atoms with Gasteiger partial charge in [0.15, 0.2) is 0 Å². The van der Waals surface area contributed by atoms with Gasteiger partial charge in [0, 0.05) is 18.7 Å². The highest BCUT2D eigenvalue weighted by molar-refractivity contribution is 6.35. The molecule has 0 bridgehead atoms. The van der Waals surface area contributed by atoms with Gasteiger partial charge in [0.05, 0.1) is 41.8 Å². The Morgan fingerprint density at radius 3 is 2.68 bits per heavy atom. The Kier molecular flexibility index (Phi) is 4.50. The molecule has 1 aromatic carbocycles. The summed E-state index contributed by atoms with van der Waals surface area (Å²) in [6.45, 7) is 3.69. The molecule has 3 aliphatic heterocycles.